The molecule has 0 aliphatic heterocycles. The number of sulfonamides is 1. The Balaban J connectivity index is 2.22. The molecule has 0 aliphatic rings. The molecule has 0 spiro atoms. The van der Waals surface area contributed by atoms with Crippen molar-refractivity contribution in [3.63, 3.8) is 0 Å². The minimum Gasteiger partial charge on any atom is -0.481 e. The molecule has 6 heteroatoms. The van der Waals surface area contributed by atoms with E-state index in [1.807, 2.05) is 13.0 Å². The van der Waals surface area contributed by atoms with E-state index in [2.05, 4.69) is 5.92 Å². The predicted octanol–water partition coefficient (Wildman–Crippen LogP) is 3.15. The summed E-state index contributed by atoms with van der Waals surface area (Å²) in [4.78, 5) is 1.05. The average molecular weight is 335 g/mol. The van der Waals surface area contributed by atoms with Crippen molar-refractivity contribution < 1.29 is 13.2 Å². The van der Waals surface area contributed by atoms with Crippen molar-refractivity contribution >= 4 is 27.0 Å². The van der Waals surface area contributed by atoms with Crippen LogP contribution in [0.1, 0.15) is 11.8 Å². The zero-order chi connectivity index (χ0) is 16.2. The molecule has 0 aliphatic carbocycles. The van der Waals surface area contributed by atoms with Crippen LogP contribution in [0.4, 0.5) is 5.69 Å². The second kappa shape index (κ2) is 6.86. The number of rotatable bonds is 6. The number of ether oxygens (including phenoxy) is 1. The van der Waals surface area contributed by atoms with Gasteiger partial charge in [-0.15, -0.1) is 17.8 Å². The van der Waals surface area contributed by atoms with Gasteiger partial charge in [0.05, 0.1) is 5.69 Å². The Hall–Kier alpha value is -1.97. The molecule has 4 nitrogen and oxygen atoms in total. The van der Waals surface area contributed by atoms with Gasteiger partial charge in [0.1, 0.15) is 16.6 Å². The molecule has 0 saturated carbocycles. The van der Waals surface area contributed by atoms with Crippen molar-refractivity contribution in [2.24, 2.45) is 0 Å². The summed E-state index contributed by atoms with van der Waals surface area (Å²) in [5.74, 6) is 2.99. The summed E-state index contributed by atoms with van der Waals surface area (Å²) in [5, 5.41) is 0. The molecular formula is C16H17NO3S2. The molecule has 0 amide bonds. The Morgan fingerprint density at radius 1 is 1.23 bits per heavy atom. The standard InChI is InChI=1S/C16H17NO3S2/c1-4-12-20-14-8-6-13(7-9-14)17(3)22(18,19)16-11-10-15(5-2)21-16/h1,6-11H,5,12H2,2-3H3. The third-order valence-electron chi connectivity index (χ3n) is 3.12. The number of terminal acetylenes is 1. The van der Waals surface area contributed by atoms with E-state index in [-0.39, 0.29) is 6.61 Å². The fraction of sp³-hybridized carbons (Fsp3) is 0.250. The van der Waals surface area contributed by atoms with Gasteiger partial charge in [0.15, 0.2) is 0 Å². The minimum absolute atomic E-state index is 0.183. The Morgan fingerprint density at radius 2 is 1.91 bits per heavy atom. The Bertz CT molecular complexity index is 770. The van der Waals surface area contributed by atoms with Gasteiger partial charge in [-0.25, -0.2) is 8.42 Å². The predicted molar refractivity (Wildman–Crippen MR) is 90.1 cm³/mol. The van der Waals surface area contributed by atoms with Crippen molar-refractivity contribution in [1.82, 2.24) is 0 Å². The van der Waals surface area contributed by atoms with Gasteiger partial charge < -0.3 is 4.74 Å². The second-order valence-corrected chi connectivity index (χ2v) is 7.90. The van der Waals surface area contributed by atoms with E-state index in [1.165, 1.54) is 22.7 Å². The van der Waals surface area contributed by atoms with Crippen LogP contribution in [0.5, 0.6) is 5.75 Å². The largest absolute Gasteiger partial charge is 0.481 e. The number of anilines is 1. The second-order valence-electron chi connectivity index (χ2n) is 4.53. The van der Waals surface area contributed by atoms with Gasteiger partial charge in [0.2, 0.25) is 0 Å². The van der Waals surface area contributed by atoms with E-state index >= 15 is 0 Å². The molecule has 2 aromatic rings. The quantitative estimate of drug-likeness (QED) is 0.762. The number of benzene rings is 1. The van der Waals surface area contributed by atoms with Crippen molar-refractivity contribution in [2.75, 3.05) is 18.0 Å². The molecule has 2 rings (SSSR count). The van der Waals surface area contributed by atoms with E-state index in [0.29, 0.717) is 15.6 Å². The van der Waals surface area contributed by atoms with E-state index in [0.717, 1.165) is 11.3 Å². The van der Waals surface area contributed by atoms with Gasteiger partial charge >= 0.3 is 0 Å². The average Bonchev–Trinajstić information content (AvgIpc) is 3.02. The van der Waals surface area contributed by atoms with Gasteiger partial charge in [0, 0.05) is 11.9 Å². The van der Waals surface area contributed by atoms with E-state index in [4.69, 9.17) is 11.2 Å². The molecule has 0 bridgehead atoms. The lowest BCUT2D eigenvalue weighted by Crippen LogP contribution is -2.25. The Kier molecular flexibility index (Phi) is 5.11. The fourth-order valence-corrected chi connectivity index (χ4v) is 4.50. The topological polar surface area (TPSA) is 46.6 Å². The fourth-order valence-electron chi connectivity index (χ4n) is 1.84. The summed E-state index contributed by atoms with van der Waals surface area (Å²) in [6.45, 7) is 2.18. The lowest BCUT2D eigenvalue weighted by atomic mass is 10.3. The van der Waals surface area contributed by atoms with Crippen LogP contribution in [0.3, 0.4) is 0 Å². The molecule has 116 valence electrons. The van der Waals surface area contributed by atoms with E-state index < -0.39 is 10.0 Å². The maximum atomic E-state index is 12.6. The molecule has 1 aromatic heterocycles. The number of hydrogen-bond acceptors (Lipinski definition) is 4. The maximum absolute atomic E-state index is 12.6. The first-order valence-corrected chi connectivity index (χ1v) is 8.98. The molecule has 0 atom stereocenters. The smallest absolute Gasteiger partial charge is 0.273 e. The van der Waals surface area contributed by atoms with Crippen molar-refractivity contribution in [3.05, 3.63) is 41.3 Å². The van der Waals surface area contributed by atoms with Crippen LogP contribution in [-0.4, -0.2) is 22.1 Å². The summed E-state index contributed by atoms with van der Waals surface area (Å²) in [5.41, 5.74) is 0.569. The highest BCUT2D eigenvalue weighted by Crippen LogP contribution is 2.28. The zero-order valence-electron chi connectivity index (χ0n) is 12.4. The van der Waals surface area contributed by atoms with Gasteiger partial charge in [0.25, 0.3) is 10.0 Å². The van der Waals surface area contributed by atoms with Crippen LogP contribution in [0.25, 0.3) is 0 Å². The summed E-state index contributed by atoms with van der Waals surface area (Å²) >= 11 is 1.30. The third-order valence-corrected chi connectivity index (χ3v) is 6.61. The summed E-state index contributed by atoms with van der Waals surface area (Å²) in [6, 6.07) is 10.3. The normalized spacial score (nSPS) is 11.0. The number of hydrogen-bond donors (Lipinski definition) is 0. The van der Waals surface area contributed by atoms with E-state index in [9.17, 15) is 8.42 Å². The highest BCUT2D eigenvalue weighted by Gasteiger charge is 2.23. The highest BCUT2D eigenvalue weighted by atomic mass is 32.2. The van der Waals surface area contributed by atoms with Crippen LogP contribution >= 0.6 is 11.3 Å². The first kappa shape index (κ1) is 16.4. The number of nitrogens with zero attached hydrogens (tertiary/aromatic N) is 1. The summed E-state index contributed by atoms with van der Waals surface area (Å²) in [7, 11) is -1.99. The van der Waals surface area contributed by atoms with Crippen LogP contribution in [-0.2, 0) is 16.4 Å². The first-order valence-electron chi connectivity index (χ1n) is 6.73. The summed E-state index contributed by atoms with van der Waals surface area (Å²) in [6.07, 6.45) is 5.95. The van der Waals surface area contributed by atoms with Crippen molar-refractivity contribution in [2.45, 2.75) is 17.6 Å². The molecule has 0 radical (unpaired) electrons. The van der Waals surface area contributed by atoms with Gasteiger partial charge in [-0.3, -0.25) is 4.31 Å². The van der Waals surface area contributed by atoms with Crippen LogP contribution < -0.4 is 9.04 Å². The summed E-state index contributed by atoms with van der Waals surface area (Å²) < 4.78 is 32.1. The highest BCUT2D eigenvalue weighted by molar-refractivity contribution is 7.94. The van der Waals surface area contributed by atoms with E-state index in [1.54, 1.807) is 30.3 Å². The van der Waals surface area contributed by atoms with Crippen LogP contribution in [0.2, 0.25) is 0 Å². The van der Waals surface area contributed by atoms with Gasteiger partial charge in [-0.05, 0) is 42.8 Å². The third kappa shape index (κ3) is 3.43. The number of thiophene rings is 1. The minimum atomic E-state index is -3.53. The lowest BCUT2D eigenvalue weighted by molar-refractivity contribution is 0.370. The molecule has 0 N–H and O–H groups in total. The monoisotopic (exact) mass is 335 g/mol. The molecule has 0 saturated heterocycles. The molecule has 1 aromatic carbocycles. The molecule has 0 unspecified atom stereocenters. The van der Waals surface area contributed by atoms with Crippen LogP contribution in [0.15, 0.2) is 40.6 Å². The molecule has 22 heavy (non-hydrogen) atoms. The van der Waals surface area contributed by atoms with Crippen LogP contribution in [0, 0.1) is 12.3 Å². The molecular weight excluding hydrogens is 318 g/mol. The zero-order valence-corrected chi connectivity index (χ0v) is 14.1. The van der Waals surface area contributed by atoms with Crippen molar-refractivity contribution in [1.29, 1.82) is 0 Å². The van der Waals surface area contributed by atoms with Gasteiger partial charge in [-0.1, -0.05) is 12.8 Å². The maximum Gasteiger partial charge on any atom is 0.273 e. The molecule has 1 heterocycles. The number of aryl methyl sites for hydroxylation is 1. The lowest BCUT2D eigenvalue weighted by Gasteiger charge is -2.18. The molecule has 0 fully saturated rings. The Labute approximate surface area is 135 Å². The van der Waals surface area contributed by atoms with Gasteiger partial charge in [-0.2, -0.15) is 0 Å². The SMILES string of the molecule is C#CCOc1ccc(N(C)S(=O)(=O)c2ccc(CC)s2)cc1. The first-order chi connectivity index (χ1) is 10.5. The Morgan fingerprint density at radius 3 is 2.45 bits per heavy atom. The van der Waals surface area contributed by atoms with Crippen molar-refractivity contribution in [3.8, 4) is 18.1 Å².